The van der Waals surface area contributed by atoms with Crippen molar-refractivity contribution in [3.8, 4) is 0 Å². The molecule has 0 aliphatic carbocycles. The summed E-state index contributed by atoms with van der Waals surface area (Å²) in [5, 5.41) is 17.9. The quantitative estimate of drug-likeness (QED) is 0.575. The zero-order valence-electron chi connectivity index (χ0n) is 9.32. The number of benzene rings is 1. The fraction of sp³-hybridized carbons (Fsp3) is 0.455. The third-order valence-corrected chi connectivity index (χ3v) is 0.940. The molecule has 0 unspecified atom stereocenters. The molecule has 1 aromatic rings. The van der Waals surface area contributed by atoms with Crippen LogP contribution in [0.15, 0.2) is 30.3 Å². The predicted octanol–water partition coefficient (Wildman–Crippen LogP) is 0.347. The van der Waals surface area contributed by atoms with E-state index in [1.165, 1.54) is 5.56 Å². The predicted molar refractivity (Wildman–Crippen MR) is 58.0 cm³/mol. The Morgan fingerprint density at radius 3 is 1.36 bits per heavy atom. The van der Waals surface area contributed by atoms with Crippen molar-refractivity contribution in [2.45, 2.75) is 20.8 Å². The minimum Gasteiger partial charge on any atom is -0.855 e. The van der Waals surface area contributed by atoms with Crippen molar-refractivity contribution in [3.63, 3.8) is 0 Å². The molecule has 0 amide bonds. The molecule has 0 aliphatic heterocycles. The van der Waals surface area contributed by atoms with E-state index >= 15 is 0 Å². The SMILES string of the molecule is CC[O-].CC[O-].Cc1ccccc1.[Mg+2]. The largest absolute Gasteiger partial charge is 2.00 e. The minimum atomic E-state index is 0. The zero-order valence-corrected chi connectivity index (χ0v) is 10.7. The van der Waals surface area contributed by atoms with Gasteiger partial charge in [0.1, 0.15) is 0 Å². The van der Waals surface area contributed by atoms with Crippen LogP contribution in [0.25, 0.3) is 0 Å². The van der Waals surface area contributed by atoms with Gasteiger partial charge in [-0.25, -0.2) is 0 Å². The van der Waals surface area contributed by atoms with Crippen LogP contribution in [-0.2, 0) is 0 Å². The van der Waals surface area contributed by atoms with E-state index in [0.717, 1.165) is 0 Å². The normalized spacial score (nSPS) is 6.93. The molecule has 0 atom stereocenters. The number of aryl methyl sites for hydroxylation is 1. The van der Waals surface area contributed by atoms with E-state index in [1.54, 1.807) is 13.8 Å². The van der Waals surface area contributed by atoms with Crippen molar-refractivity contribution < 1.29 is 10.2 Å². The Labute approximate surface area is 103 Å². The first-order chi connectivity index (χ1) is 6.22. The molecule has 0 saturated carbocycles. The monoisotopic (exact) mass is 206 g/mol. The van der Waals surface area contributed by atoms with Crippen LogP contribution >= 0.6 is 0 Å². The molecular weight excluding hydrogens is 188 g/mol. The summed E-state index contributed by atoms with van der Waals surface area (Å²) in [6.45, 7) is 5.22. The van der Waals surface area contributed by atoms with Crippen LogP contribution in [-0.4, -0.2) is 36.3 Å². The maximum atomic E-state index is 8.93. The molecule has 3 heteroatoms. The standard InChI is InChI=1S/C7H8.2C2H5O.Mg/c1-7-5-3-2-4-6-7;2*1-2-3;/h2-6H,1H3;2*2H2,1H3;/q;2*-1;+2. The first kappa shape index (κ1) is 19.5. The number of hydrogen-bond acceptors (Lipinski definition) is 2. The molecule has 1 rings (SSSR count). The Hall–Kier alpha value is -0.0938. The molecule has 0 fully saturated rings. The summed E-state index contributed by atoms with van der Waals surface area (Å²) in [5.74, 6) is 0. The average Bonchev–Trinajstić information content (AvgIpc) is 2.08. The summed E-state index contributed by atoms with van der Waals surface area (Å²) in [7, 11) is 0. The second kappa shape index (κ2) is 18.6. The fourth-order valence-corrected chi connectivity index (χ4v) is 0.534. The van der Waals surface area contributed by atoms with Gasteiger partial charge in [0, 0.05) is 0 Å². The third kappa shape index (κ3) is 22.7. The van der Waals surface area contributed by atoms with Gasteiger partial charge in [0.25, 0.3) is 0 Å². The molecule has 0 saturated heterocycles. The molecule has 0 heterocycles. The first-order valence-corrected chi connectivity index (χ1v) is 4.40. The van der Waals surface area contributed by atoms with Crippen molar-refractivity contribution in [1.82, 2.24) is 0 Å². The Bertz CT molecular complexity index is 164. The van der Waals surface area contributed by atoms with E-state index in [9.17, 15) is 0 Å². The van der Waals surface area contributed by atoms with Crippen LogP contribution in [0.1, 0.15) is 19.4 Å². The summed E-state index contributed by atoms with van der Waals surface area (Å²) in [4.78, 5) is 0. The maximum Gasteiger partial charge on any atom is 2.00 e. The summed E-state index contributed by atoms with van der Waals surface area (Å²) < 4.78 is 0. The van der Waals surface area contributed by atoms with Gasteiger partial charge in [0.05, 0.1) is 0 Å². The van der Waals surface area contributed by atoms with Crippen LogP contribution in [0.4, 0.5) is 0 Å². The van der Waals surface area contributed by atoms with Gasteiger partial charge in [-0.05, 0) is 6.92 Å². The van der Waals surface area contributed by atoms with Crippen molar-refractivity contribution >= 4 is 23.1 Å². The summed E-state index contributed by atoms with van der Waals surface area (Å²) >= 11 is 0. The molecule has 0 N–H and O–H groups in total. The molecule has 0 aliphatic rings. The summed E-state index contributed by atoms with van der Waals surface area (Å²) in [6, 6.07) is 10.3. The van der Waals surface area contributed by atoms with Gasteiger partial charge in [0.15, 0.2) is 0 Å². The zero-order chi connectivity index (χ0) is 10.5. The van der Waals surface area contributed by atoms with Crippen LogP contribution in [0.5, 0.6) is 0 Å². The van der Waals surface area contributed by atoms with Gasteiger partial charge >= 0.3 is 23.1 Å². The van der Waals surface area contributed by atoms with E-state index in [0.29, 0.717) is 0 Å². The van der Waals surface area contributed by atoms with Crippen LogP contribution in [0, 0.1) is 6.92 Å². The van der Waals surface area contributed by atoms with E-state index in [2.05, 4.69) is 19.1 Å². The molecular formula is C11H18MgO2. The van der Waals surface area contributed by atoms with Crippen molar-refractivity contribution in [2.24, 2.45) is 0 Å². The van der Waals surface area contributed by atoms with Crippen molar-refractivity contribution in [3.05, 3.63) is 35.9 Å². The van der Waals surface area contributed by atoms with Gasteiger partial charge in [-0.1, -0.05) is 49.7 Å². The van der Waals surface area contributed by atoms with Crippen LogP contribution in [0.3, 0.4) is 0 Å². The third-order valence-electron chi connectivity index (χ3n) is 0.940. The molecule has 0 spiro atoms. The Morgan fingerprint density at radius 1 is 0.929 bits per heavy atom. The van der Waals surface area contributed by atoms with Crippen molar-refractivity contribution in [2.75, 3.05) is 13.2 Å². The van der Waals surface area contributed by atoms with E-state index in [1.807, 2.05) is 18.2 Å². The second-order valence-corrected chi connectivity index (χ2v) is 2.23. The topological polar surface area (TPSA) is 46.1 Å². The fourth-order valence-electron chi connectivity index (χ4n) is 0.534. The number of hydrogen-bond donors (Lipinski definition) is 0. The summed E-state index contributed by atoms with van der Waals surface area (Å²) in [6.07, 6.45) is 0. The minimum absolute atomic E-state index is 0. The van der Waals surface area contributed by atoms with E-state index in [-0.39, 0.29) is 36.3 Å². The van der Waals surface area contributed by atoms with Gasteiger partial charge < -0.3 is 10.2 Å². The maximum absolute atomic E-state index is 8.93. The van der Waals surface area contributed by atoms with Gasteiger partial charge in [-0.3, -0.25) is 0 Å². The van der Waals surface area contributed by atoms with E-state index < -0.39 is 0 Å². The second-order valence-electron chi connectivity index (χ2n) is 2.23. The molecule has 0 radical (unpaired) electrons. The van der Waals surface area contributed by atoms with Gasteiger partial charge in [-0.15, -0.1) is 13.2 Å². The van der Waals surface area contributed by atoms with Crippen LogP contribution < -0.4 is 10.2 Å². The first-order valence-electron chi connectivity index (χ1n) is 4.40. The van der Waals surface area contributed by atoms with Gasteiger partial charge in [-0.2, -0.15) is 0 Å². The molecule has 14 heavy (non-hydrogen) atoms. The Morgan fingerprint density at radius 2 is 1.21 bits per heavy atom. The summed E-state index contributed by atoms with van der Waals surface area (Å²) in [5.41, 5.74) is 1.32. The molecule has 0 bridgehead atoms. The molecule has 2 nitrogen and oxygen atoms in total. The average molecular weight is 207 g/mol. The van der Waals surface area contributed by atoms with E-state index in [4.69, 9.17) is 10.2 Å². The molecule has 1 aromatic carbocycles. The number of rotatable bonds is 0. The Balaban J connectivity index is -0.000000150. The van der Waals surface area contributed by atoms with Gasteiger partial charge in [0.2, 0.25) is 0 Å². The molecule has 76 valence electrons. The smallest absolute Gasteiger partial charge is 0.855 e. The Kier molecular flexibility index (Phi) is 25.9. The van der Waals surface area contributed by atoms with Crippen molar-refractivity contribution in [1.29, 1.82) is 0 Å². The molecule has 0 aromatic heterocycles. The van der Waals surface area contributed by atoms with Crippen LogP contribution in [0.2, 0.25) is 0 Å².